The van der Waals surface area contributed by atoms with Crippen LogP contribution in [0.5, 0.6) is 5.75 Å². The molecule has 0 aliphatic carbocycles. The van der Waals surface area contributed by atoms with Crippen LogP contribution in [0.4, 0.5) is 15.8 Å². The van der Waals surface area contributed by atoms with Gasteiger partial charge in [-0.1, -0.05) is 0 Å². The Bertz CT molecular complexity index is 342. The maximum Gasteiger partial charge on any atom is 0.167 e. The lowest BCUT2D eigenvalue weighted by Gasteiger charge is -2.20. The van der Waals surface area contributed by atoms with Gasteiger partial charge in [-0.15, -0.1) is 0 Å². The highest BCUT2D eigenvalue weighted by Crippen LogP contribution is 2.30. The lowest BCUT2D eigenvalue weighted by atomic mass is 10.2. The van der Waals surface area contributed by atoms with Crippen molar-refractivity contribution in [2.45, 2.75) is 13.8 Å². The summed E-state index contributed by atoms with van der Waals surface area (Å²) in [6, 6.07) is 2.93. The van der Waals surface area contributed by atoms with E-state index >= 15 is 0 Å². The van der Waals surface area contributed by atoms with E-state index in [1.54, 1.807) is 6.07 Å². The van der Waals surface area contributed by atoms with Crippen molar-refractivity contribution in [3.8, 4) is 5.75 Å². The van der Waals surface area contributed by atoms with Crippen LogP contribution >= 0.6 is 0 Å². The number of rotatable bonds is 4. The molecule has 0 aromatic heterocycles. The van der Waals surface area contributed by atoms with Crippen LogP contribution in [0.15, 0.2) is 12.1 Å². The average molecular weight is 212 g/mol. The number of nitrogens with two attached hydrogens (primary N) is 1. The third-order valence-corrected chi connectivity index (χ3v) is 2.27. The molecule has 0 fully saturated rings. The van der Waals surface area contributed by atoms with Crippen molar-refractivity contribution in [3.63, 3.8) is 0 Å². The number of anilines is 2. The smallest absolute Gasteiger partial charge is 0.167 e. The number of nitrogens with zero attached hydrogens (tertiary/aromatic N) is 1. The predicted octanol–water partition coefficient (Wildman–Crippen LogP) is 2.26. The second-order valence-electron chi connectivity index (χ2n) is 3.29. The molecule has 0 aliphatic rings. The van der Waals surface area contributed by atoms with Crippen LogP contribution in [0.25, 0.3) is 0 Å². The van der Waals surface area contributed by atoms with Crippen molar-refractivity contribution in [1.82, 2.24) is 0 Å². The largest absolute Gasteiger partial charge is 0.491 e. The van der Waals surface area contributed by atoms with Gasteiger partial charge in [-0.3, -0.25) is 0 Å². The van der Waals surface area contributed by atoms with Gasteiger partial charge in [0.15, 0.2) is 11.6 Å². The molecule has 3 nitrogen and oxygen atoms in total. The topological polar surface area (TPSA) is 38.5 Å². The van der Waals surface area contributed by atoms with Crippen LogP contribution in [0.3, 0.4) is 0 Å². The van der Waals surface area contributed by atoms with Gasteiger partial charge in [-0.25, -0.2) is 4.39 Å². The molecule has 0 saturated carbocycles. The van der Waals surface area contributed by atoms with E-state index in [1.165, 1.54) is 6.07 Å². The minimum Gasteiger partial charge on any atom is -0.491 e. The molecule has 0 amide bonds. The maximum atomic E-state index is 13.4. The summed E-state index contributed by atoms with van der Waals surface area (Å²) in [7, 11) is 1.90. The van der Waals surface area contributed by atoms with Crippen molar-refractivity contribution < 1.29 is 9.13 Å². The first kappa shape index (κ1) is 11.6. The quantitative estimate of drug-likeness (QED) is 0.778. The molecule has 2 N–H and O–H groups in total. The van der Waals surface area contributed by atoms with Gasteiger partial charge in [0, 0.05) is 25.7 Å². The Labute approximate surface area is 89.6 Å². The molecule has 0 saturated heterocycles. The summed E-state index contributed by atoms with van der Waals surface area (Å²) < 4.78 is 18.5. The van der Waals surface area contributed by atoms with Crippen molar-refractivity contribution >= 4 is 11.4 Å². The fourth-order valence-electron chi connectivity index (χ4n) is 1.33. The zero-order chi connectivity index (χ0) is 11.4. The summed E-state index contributed by atoms with van der Waals surface area (Å²) in [5.74, 6) is -0.162. The second-order valence-corrected chi connectivity index (χ2v) is 3.29. The molecule has 0 aliphatic heterocycles. The fraction of sp³-hybridized carbons (Fsp3) is 0.455. The molecule has 0 radical (unpaired) electrons. The zero-order valence-electron chi connectivity index (χ0n) is 9.38. The number of hydrogen-bond acceptors (Lipinski definition) is 3. The monoisotopic (exact) mass is 212 g/mol. The molecular weight excluding hydrogens is 195 g/mol. The van der Waals surface area contributed by atoms with E-state index < -0.39 is 5.82 Å². The molecule has 0 spiro atoms. The summed E-state index contributed by atoms with van der Waals surface area (Å²) in [5.41, 5.74) is 6.95. The van der Waals surface area contributed by atoms with Gasteiger partial charge >= 0.3 is 0 Å². The summed E-state index contributed by atoms with van der Waals surface area (Å²) in [5, 5.41) is 0. The van der Waals surface area contributed by atoms with E-state index in [9.17, 15) is 4.39 Å². The highest BCUT2D eigenvalue weighted by molar-refractivity contribution is 5.69. The van der Waals surface area contributed by atoms with Gasteiger partial charge < -0.3 is 15.4 Å². The minimum absolute atomic E-state index is 0.252. The number of benzene rings is 1. The molecule has 0 unspecified atom stereocenters. The minimum atomic E-state index is -0.414. The van der Waals surface area contributed by atoms with Crippen molar-refractivity contribution in [2.75, 3.05) is 30.8 Å². The summed E-state index contributed by atoms with van der Waals surface area (Å²) >= 11 is 0. The molecule has 1 rings (SSSR count). The third-order valence-electron chi connectivity index (χ3n) is 2.27. The Morgan fingerprint density at radius 3 is 2.60 bits per heavy atom. The molecule has 0 bridgehead atoms. The van der Waals surface area contributed by atoms with Crippen LogP contribution in [-0.4, -0.2) is 20.2 Å². The van der Waals surface area contributed by atoms with Crippen molar-refractivity contribution in [1.29, 1.82) is 0 Å². The number of halogens is 1. The van der Waals surface area contributed by atoms with E-state index in [4.69, 9.17) is 10.5 Å². The summed E-state index contributed by atoms with van der Waals surface area (Å²) in [6.07, 6.45) is 0. The zero-order valence-corrected chi connectivity index (χ0v) is 9.38. The summed E-state index contributed by atoms with van der Waals surface area (Å²) in [4.78, 5) is 1.94. The SMILES string of the molecule is CCOc1cc(N(C)CC)c(N)cc1F. The van der Waals surface area contributed by atoms with E-state index in [0.717, 1.165) is 12.2 Å². The molecule has 1 aromatic carbocycles. The van der Waals surface area contributed by atoms with Gasteiger partial charge in [0.05, 0.1) is 18.0 Å². The lowest BCUT2D eigenvalue weighted by Crippen LogP contribution is -2.17. The second kappa shape index (κ2) is 4.87. The van der Waals surface area contributed by atoms with Crippen LogP contribution < -0.4 is 15.4 Å². The molecule has 15 heavy (non-hydrogen) atoms. The first-order valence-corrected chi connectivity index (χ1v) is 5.03. The normalized spacial score (nSPS) is 10.1. The molecule has 4 heteroatoms. The van der Waals surface area contributed by atoms with E-state index in [-0.39, 0.29) is 5.75 Å². The lowest BCUT2D eigenvalue weighted by molar-refractivity contribution is 0.322. The predicted molar refractivity (Wildman–Crippen MR) is 60.9 cm³/mol. The van der Waals surface area contributed by atoms with Crippen molar-refractivity contribution in [3.05, 3.63) is 17.9 Å². The molecule has 1 aromatic rings. The van der Waals surface area contributed by atoms with Gasteiger partial charge in [0.25, 0.3) is 0 Å². The Morgan fingerprint density at radius 2 is 2.07 bits per heavy atom. The van der Waals surface area contributed by atoms with Gasteiger partial charge in [-0.2, -0.15) is 0 Å². The standard InChI is InChI=1S/C11H17FN2O/c1-4-14(3)10-7-11(15-5-2)8(12)6-9(10)13/h6-7H,4-5,13H2,1-3H3. The average Bonchev–Trinajstić information content (AvgIpc) is 2.21. The van der Waals surface area contributed by atoms with E-state index in [0.29, 0.717) is 12.3 Å². The number of hydrogen-bond donors (Lipinski definition) is 1. The van der Waals surface area contributed by atoms with Crippen LogP contribution in [0.1, 0.15) is 13.8 Å². The molecule has 0 atom stereocenters. The van der Waals surface area contributed by atoms with E-state index in [1.807, 2.05) is 25.8 Å². The Balaban J connectivity index is 3.11. The Kier molecular flexibility index (Phi) is 3.77. The van der Waals surface area contributed by atoms with Crippen LogP contribution in [-0.2, 0) is 0 Å². The van der Waals surface area contributed by atoms with Gasteiger partial charge in [0.2, 0.25) is 0 Å². The van der Waals surface area contributed by atoms with Gasteiger partial charge in [0.1, 0.15) is 0 Å². The molecule has 0 heterocycles. The molecule has 84 valence electrons. The number of nitrogen functional groups attached to an aromatic ring is 1. The number of ether oxygens (including phenoxy) is 1. The maximum absolute atomic E-state index is 13.4. The highest BCUT2D eigenvalue weighted by atomic mass is 19.1. The highest BCUT2D eigenvalue weighted by Gasteiger charge is 2.10. The van der Waals surface area contributed by atoms with E-state index in [2.05, 4.69) is 0 Å². The summed E-state index contributed by atoms with van der Waals surface area (Å²) in [6.45, 7) is 5.07. The first-order chi connectivity index (χ1) is 7.10. The Morgan fingerprint density at radius 1 is 1.40 bits per heavy atom. The van der Waals surface area contributed by atoms with Crippen LogP contribution in [0, 0.1) is 5.82 Å². The third kappa shape index (κ3) is 2.52. The van der Waals surface area contributed by atoms with Crippen LogP contribution in [0.2, 0.25) is 0 Å². The Hall–Kier alpha value is -1.45. The first-order valence-electron chi connectivity index (χ1n) is 5.03. The fourth-order valence-corrected chi connectivity index (χ4v) is 1.33. The van der Waals surface area contributed by atoms with Gasteiger partial charge in [-0.05, 0) is 13.8 Å². The van der Waals surface area contributed by atoms with Crippen molar-refractivity contribution in [2.24, 2.45) is 0 Å². The molecular formula is C11H17FN2O.